The molecule has 0 unspecified atom stereocenters. The number of aromatic nitrogens is 1. The van der Waals surface area contributed by atoms with Gasteiger partial charge in [0.25, 0.3) is 5.91 Å². The van der Waals surface area contributed by atoms with Crippen molar-refractivity contribution in [3.63, 3.8) is 0 Å². The molecule has 4 N–H and O–H groups in total. The number of aryl methyl sites for hydroxylation is 1. The zero-order valence-corrected chi connectivity index (χ0v) is 12.1. The Balaban J connectivity index is 2.24. The highest BCUT2D eigenvalue weighted by Crippen LogP contribution is 2.24. The molecule has 0 aliphatic carbocycles. The van der Waals surface area contributed by atoms with Crippen LogP contribution in [-0.2, 0) is 0 Å². The molecule has 0 bridgehead atoms. The van der Waals surface area contributed by atoms with E-state index in [9.17, 15) is 4.79 Å². The summed E-state index contributed by atoms with van der Waals surface area (Å²) in [6.45, 7) is 1.91. The Labute approximate surface area is 126 Å². The maximum absolute atomic E-state index is 12.1. The molecular weight excluding hydrogens is 299 g/mol. The highest BCUT2D eigenvalue weighted by atomic mass is 35.5. The Morgan fingerprint density at radius 2 is 2.00 bits per heavy atom. The third-order valence-electron chi connectivity index (χ3n) is 2.61. The fourth-order valence-electron chi connectivity index (χ4n) is 1.60. The SMILES string of the molecule is Cc1ccc(Cl)c(NC(=O)c2cnc(NN)c(Cl)c2)c1. The minimum absolute atomic E-state index is 0.260. The van der Waals surface area contributed by atoms with Crippen molar-refractivity contribution in [2.24, 2.45) is 5.84 Å². The first-order valence-corrected chi connectivity index (χ1v) is 6.46. The molecule has 0 saturated heterocycles. The van der Waals surface area contributed by atoms with Gasteiger partial charge in [-0.25, -0.2) is 10.8 Å². The Bertz CT molecular complexity index is 661. The number of nitrogens with two attached hydrogens (primary N) is 1. The normalized spacial score (nSPS) is 10.2. The van der Waals surface area contributed by atoms with E-state index in [0.717, 1.165) is 5.56 Å². The van der Waals surface area contributed by atoms with E-state index < -0.39 is 0 Å². The van der Waals surface area contributed by atoms with Gasteiger partial charge in [-0.2, -0.15) is 0 Å². The summed E-state index contributed by atoms with van der Waals surface area (Å²) >= 11 is 11.9. The maximum Gasteiger partial charge on any atom is 0.257 e. The fourth-order valence-corrected chi connectivity index (χ4v) is 1.98. The molecule has 1 aromatic heterocycles. The second-order valence-corrected chi connectivity index (χ2v) is 4.95. The van der Waals surface area contributed by atoms with Gasteiger partial charge in [-0.3, -0.25) is 4.79 Å². The van der Waals surface area contributed by atoms with Gasteiger partial charge in [0.05, 0.1) is 21.3 Å². The van der Waals surface area contributed by atoms with E-state index >= 15 is 0 Å². The van der Waals surface area contributed by atoms with Crippen LogP contribution in [0.5, 0.6) is 0 Å². The van der Waals surface area contributed by atoms with Gasteiger partial charge in [0.1, 0.15) is 0 Å². The van der Waals surface area contributed by atoms with Crippen LogP contribution in [0.3, 0.4) is 0 Å². The van der Waals surface area contributed by atoms with Crippen LogP contribution in [0.2, 0.25) is 10.0 Å². The number of nitrogens with zero attached hydrogens (tertiary/aromatic N) is 1. The van der Waals surface area contributed by atoms with Crippen molar-refractivity contribution in [1.29, 1.82) is 0 Å². The number of nitrogen functional groups attached to an aromatic ring is 1. The van der Waals surface area contributed by atoms with Crippen LogP contribution in [0.1, 0.15) is 15.9 Å². The molecule has 1 aromatic carbocycles. The van der Waals surface area contributed by atoms with Crippen molar-refractivity contribution in [3.8, 4) is 0 Å². The molecule has 2 rings (SSSR count). The molecule has 0 atom stereocenters. The van der Waals surface area contributed by atoms with Crippen molar-refractivity contribution in [1.82, 2.24) is 4.98 Å². The molecule has 1 heterocycles. The first-order valence-electron chi connectivity index (χ1n) is 5.71. The summed E-state index contributed by atoms with van der Waals surface area (Å²) in [5, 5.41) is 3.43. The molecule has 1 amide bonds. The van der Waals surface area contributed by atoms with Crippen molar-refractivity contribution in [2.75, 3.05) is 10.7 Å². The summed E-state index contributed by atoms with van der Waals surface area (Å²) in [4.78, 5) is 16.0. The number of rotatable bonds is 3. The number of pyridine rings is 1. The van der Waals surface area contributed by atoms with Gasteiger partial charge in [-0.15, -0.1) is 0 Å². The summed E-state index contributed by atoms with van der Waals surface area (Å²) in [7, 11) is 0. The number of halogens is 2. The molecule has 0 fully saturated rings. The van der Waals surface area contributed by atoms with E-state index in [1.807, 2.05) is 13.0 Å². The average molecular weight is 311 g/mol. The lowest BCUT2D eigenvalue weighted by molar-refractivity contribution is 0.102. The van der Waals surface area contributed by atoms with Crippen LogP contribution in [0.25, 0.3) is 0 Å². The number of benzene rings is 1. The highest BCUT2D eigenvalue weighted by molar-refractivity contribution is 6.34. The van der Waals surface area contributed by atoms with Gasteiger partial charge < -0.3 is 10.7 Å². The van der Waals surface area contributed by atoms with Gasteiger partial charge in [0, 0.05) is 6.20 Å². The minimum Gasteiger partial charge on any atom is -0.321 e. The largest absolute Gasteiger partial charge is 0.321 e. The van der Waals surface area contributed by atoms with Crippen LogP contribution in [0, 0.1) is 6.92 Å². The fraction of sp³-hybridized carbons (Fsp3) is 0.0769. The molecule has 0 radical (unpaired) electrons. The number of carbonyl (C=O) groups is 1. The average Bonchev–Trinajstić information content (AvgIpc) is 2.42. The van der Waals surface area contributed by atoms with E-state index in [0.29, 0.717) is 22.1 Å². The van der Waals surface area contributed by atoms with Gasteiger partial charge in [0.15, 0.2) is 5.82 Å². The number of nitrogens with one attached hydrogen (secondary N) is 2. The lowest BCUT2D eigenvalue weighted by atomic mass is 10.2. The predicted octanol–water partition coefficient (Wildman–Crippen LogP) is 3.23. The number of hydrazine groups is 1. The second kappa shape index (κ2) is 6.09. The topological polar surface area (TPSA) is 80.0 Å². The van der Waals surface area contributed by atoms with E-state index in [2.05, 4.69) is 15.7 Å². The third-order valence-corrected chi connectivity index (χ3v) is 3.23. The quantitative estimate of drug-likeness (QED) is 0.600. The van der Waals surface area contributed by atoms with Crippen LogP contribution in [-0.4, -0.2) is 10.9 Å². The van der Waals surface area contributed by atoms with Gasteiger partial charge in [0.2, 0.25) is 0 Å². The zero-order valence-electron chi connectivity index (χ0n) is 10.6. The summed E-state index contributed by atoms with van der Waals surface area (Å²) in [5.74, 6) is 5.17. The summed E-state index contributed by atoms with van der Waals surface area (Å²) < 4.78 is 0. The lowest BCUT2D eigenvalue weighted by Gasteiger charge is -2.09. The van der Waals surface area contributed by atoms with E-state index in [1.165, 1.54) is 12.3 Å². The molecule has 0 aliphatic rings. The van der Waals surface area contributed by atoms with Crippen LogP contribution >= 0.6 is 23.2 Å². The minimum atomic E-state index is -0.351. The number of amides is 1. The Morgan fingerprint density at radius 1 is 1.25 bits per heavy atom. The molecule has 5 nitrogen and oxygen atoms in total. The summed E-state index contributed by atoms with van der Waals surface area (Å²) in [6.07, 6.45) is 1.38. The number of anilines is 2. The van der Waals surface area contributed by atoms with Crippen molar-refractivity contribution >= 4 is 40.6 Å². The number of hydrogen-bond donors (Lipinski definition) is 3. The lowest BCUT2D eigenvalue weighted by Crippen LogP contribution is -2.14. The molecule has 104 valence electrons. The van der Waals surface area contributed by atoms with Gasteiger partial charge >= 0.3 is 0 Å². The van der Waals surface area contributed by atoms with E-state index in [1.54, 1.807) is 12.1 Å². The van der Waals surface area contributed by atoms with E-state index in [-0.39, 0.29) is 10.9 Å². The standard InChI is InChI=1S/C13H12Cl2N4O/c1-7-2-3-9(14)11(4-7)18-13(20)8-5-10(15)12(19-16)17-6-8/h2-6H,16H2,1H3,(H,17,19)(H,18,20). The molecule has 0 aliphatic heterocycles. The Morgan fingerprint density at radius 3 is 2.65 bits per heavy atom. The molecule has 7 heteroatoms. The summed E-state index contributed by atoms with van der Waals surface area (Å²) in [5.41, 5.74) is 4.17. The predicted molar refractivity (Wildman–Crippen MR) is 81.2 cm³/mol. The van der Waals surface area contributed by atoms with Crippen molar-refractivity contribution < 1.29 is 4.79 Å². The number of carbonyl (C=O) groups excluding carboxylic acids is 1. The smallest absolute Gasteiger partial charge is 0.257 e. The van der Waals surface area contributed by atoms with Crippen LogP contribution in [0.15, 0.2) is 30.5 Å². The zero-order chi connectivity index (χ0) is 14.7. The number of hydrogen-bond acceptors (Lipinski definition) is 4. The first kappa shape index (κ1) is 14.6. The molecule has 2 aromatic rings. The molecule has 0 saturated carbocycles. The second-order valence-electron chi connectivity index (χ2n) is 4.14. The van der Waals surface area contributed by atoms with Crippen LogP contribution in [0.4, 0.5) is 11.5 Å². The highest BCUT2D eigenvalue weighted by Gasteiger charge is 2.11. The maximum atomic E-state index is 12.1. The van der Waals surface area contributed by atoms with Gasteiger partial charge in [-0.1, -0.05) is 29.3 Å². The summed E-state index contributed by atoms with van der Waals surface area (Å²) in [6, 6.07) is 6.84. The van der Waals surface area contributed by atoms with E-state index in [4.69, 9.17) is 29.0 Å². The van der Waals surface area contributed by atoms with Crippen molar-refractivity contribution in [2.45, 2.75) is 6.92 Å². The molecule has 0 spiro atoms. The Kier molecular flexibility index (Phi) is 4.44. The van der Waals surface area contributed by atoms with Crippen molar-refractivity contribution in [3.05, 3.63) is 51.6 Å². The Hall–Kier alpha value is -1.82. The first-order chi connectivity index (χ1) is 9.51. The monoisotopic (exact) mass is 310 g/mol. The molecular formula is C13H12Cl2N4O. The van der Waals surface area contributed by atoms with Crippen LogP contribution < -0.4 is 16.6 Å². The van der Waals surface area contributed by atoms with Gasteiger partial charge in [-0.05, 0) is 30.7 Å². The third kappa shape index (κ3) is 3.19. The molecule has 20 heavy (non-hydrogen) atoms.